The quantitative estimate of drug-likeness (QED) is 0.830. The lowest BCUT2D eigenvalue weighted by atomic mass is 9.69. The number of Topliss-reactive ketones (excluding diaryl/α,β-unsaturated/α-hetero) is 1. The highest BCUT2D eigenvalue weighted by molar-refractivity contribution is 5.96. The Bertz CT molecular complexity index is 511. The van der Waals surface area contributed by atoms with Crippen molar-refractivity contribution < 1.29 is 15.0 Å². The molecule has 1 aromatic rings. The SMILES string of the molecule is CC(=O)c1cc(O)c(C)cc1[C@H]1CC[C@](C)(CO)CC1. The summed E-state index contributed by atoms with van der Waals surface area (Å²) in [7, 11) is 0. The van der Waals surface area contributed by atoms with Crippen LogP contribution in [-0.2, 0) is 0 Å². The van der Waals surface area contributed by atoms with E-state index in [0.29, 0.717) is 11.5 Å². The van der Waals surface area contributed by atoms with Crippen molar-refractivity contribution in [2.45, 2.75) is 52.4 Å². The Hall–Kier alpha value is -1.35. The van der Waals surface area contributed by atoms with E-state index in [1.807, 2.05) is 13.0 Å². The predicted octanol–water partition coefficient (Wildman–Crippen LogP) is 3.56. The van der Waals surface area contributed by atoms with Crippen LogP contribution in [0.5, 0.6) is 5.75 Å². The fourth-order valence-electron chi connectivity index (χ4n) is 3.15. The van der Waals surface area contributed by atoms with Crippen molar-refractivity contribution in [3.63, 3.8) is 0 Å². The third kappa shape index (κ3) is 2.88. The minimum Gasteiger partial charge on any atom is -0.508 e. The molecule has 1 fully saturated rings. The fourth-order valence-corrected chi connectivity index (χ4v) is 3.15. The molecule has 0 atom stereocenters. The van der Waals surface area contributed by atoms with Gasteiger partial charge in [0.15, 0.2) is 5.78 Å². The van der Waals surface area contributed by atoms with Crippen LogP contribution in [0, 0.1) is 12.3 Å². The lowest BCUT2D eigenvalue weighted by Crippen LogP contribution is -2.27. The van der Waals surface area contributed by atoms with Gasteiger partial charge in [-0.15, -0.1) is 0 Å². The number of hydrogen-bond donors (Lipinski definition) is 2. The Labute approximate surface area is 120 Å². The van der Waals surface area contributed by atoms with Crippen molar-refractivity contribution in [3.05, 3.63) is 28.8 Å². The molecule has 1 aromatic carbocycles. The molecular formula is C17H24O3. The first kappa shape index (κ1) is 15.0. The summed E-state index contributed by atoms with van der Waals surface area (Å²) in [6.45, 7) is 5.77. The van der Waals surface area contributed by atoms with E-state index in [0.717, 1.165) is 36.8 Å². The Balaban J connectivity index is 2.30. The van der Waals surface area contributed by atoms with Gasteiger partial charge in [0.25, 0.3) is 0 Å². The van der Waals surface area contributed by atoms with E-state index >= 15 is 0 Å². The zero-order chi connectivity index (χ0) is 14.9. The smallest absolute Gasteiger partial charge is 0.160 e. The van der Waals surface area contributed by atoms with Gasteiger partial charge in [0.1, 0.15) is 5.75 Å². The number of benzene rings is 1. The lowest BCUT2D eigenvalue weighted by Gasteiger charge is -2.36. The van der Waals surface area contributed by atoms with E-state index in [4.69, 9.17) is 0 Å². The summed E-state index contributed by atoms with van der Waals surface area (Å²) >= 11 is 0. The number of hydrogen-bond acceptors (Lipinski definition) is 3. The Morgan fingerprint density at radius 1 is 1.35 bits per heavy atom. The van der Waals surface area contributed by atoms with Gasteiger partial charge in [-0.1, -0.05) is 13.0 Å². The van der Waals surface area contributed by atoms with Crippen molar-refractivity contribution in [3.8, 4) is 5.75 Å². The Morgan fingerprint density at radius 3 is 2.45 bits per heavy atom. The molecule has 0 saturated heterocycles. The zero-order valence-corrected chi connectivity index (χ0v) is 12.6. The average molecular weight is 276 g/mol. The second kappa shape index (κ2) is 5.57. The summed E-state index contributed by atoms with van der Waals surface area (Å²) in [5.41, 5.74) is 2.55. The molecule has 1 saturated carbocycles. The molecule has 0 spiro atoms. The van der Waals surface area contributed by atoms with Crippen LogP contribution in [0.4, 0.5) is 0 Å². The van der Waals surface area contributed by atoms with Crippen LogP contribution >= 0.6 is 0 Å². The van der Waals surface area contributed by atoms with Crippen molar-refractivity contribution in [1.82, 2.24) is 0 Å². The van der Waals surface area contributed by atoms with Gasteiger partial charge in [-0.25, -0.2) is 0 Å². The number of aliphatic hydroxyl groups is 1. The molecule has 1 aliphatic carbocycles. The maximum atomic E-state index is 11.8. The molecule has 0 amide bonds. The van der Waals surface area contributed by atoms with Crippen LogP contribution in [0.2, 0.25) is 0 Å². The van der Waals surface area contributed by atoms with Crippen molar-refractivity contribution >= 4 is 5.78 Å². The Morgan fingerprint density at radius 2 is 1.95 bits per heavy atom. The average Bonchev–Trinajstić information content (AvgIpc) is 2.42. The minimum atomic E-state index is 0.00536. The normalized spacial score (nSPS) is 26.5. The maximum absolute atomic E-state index is 11.8. The van der Waals surface area contributed by atoms with Gasteiger partial charge >= 0.3 is 0 Å². The number of aryl methyl sites for hydroxylation is 1. The first-order valence-electron chi connectivity index (χ1n) is 7.31. The minimum absolute atomic E-state index is 0.00536. The number of carbonyl (C=O) groups is 1. The fraction of sp³-hybridized carbons (Fsp3) is 0.588. The van der Waals surface area contributed by atoms with E-state index in [1.165, 1.54) is 0 Å². The molecule has 3 heteroatoms. The summed E-state index contributed by atoms with van der Waals surface area (Å²) in [6, 6.07) is 3.56. The van der Waals surface area contributed by atoms with Crippen LogP contribution in [0.25, 0.3) is 0 Å². The zero-order valence-electron chi connectivity index (χ0n) is 12.6. The molecule has 20 heavy (non-hydrogen) atoms. The molecular weight excluding hydrogens is 252 g/mol. The summed E-state index contributed by atoms with van der Waals surface area (Å²) in [5.74, 6) is 0.550. The molecule has 3 nitrogen and oxygen atoms in total. The number of ketones is 1. The van der Waals surface area contributed by atoms with Crippen LogP contribution in [0.1, 0.15) is 66.9 Å². The number of aromatic hydroxyl groups is 1. The van der Waals surface area contributed by atoms with Crippen LogP contribution in [0.15, 0.2) is 12.1 Å². The van der Waals surface area contributed by atoms with Gasteiger partial charge in [-0.2, -0.15) is 0 Å². The molecule has 0 heterocycles. The number of carbonyl (C=O) groups excluding carboxylic acids is 1. The van der Waals surface area contributed by atoms with E-state index < -0.39 is 0 Å². The highest BCUT2D eigenvalue weighted by Gasteiger charge is 2.32. The summed E-state index contributed by atoms with van der Waals surface area (Å²) in [6.07, 6.45) is 3.93. The standard InChI is InChI=1S/C17H24O3/c1-11-8-15(14(12(2)19)9-16(11)20)13-4-6-17(3,10-18)7-5-13/h8-9,13,18,20H,4-7,10H2,1-3H3/t13-,17-. The van der Waals surface area contributed by atoms with E-state index in [1.54, 1.807) is 13.0 Å². The topological polar surface area (TPSA) is 57.5 Å². The molecule has 0 radical (unpaired) electrons. The largest absolute Gasteiger partial charge is 0.508 e. The summed E-state index contributed by atoms with van der Waals surface area (Å²) in [4.78, 5) is 11.8. The summed E-state index contributed by atoms with van der Waals surface area (Å²) in [5, 5.41) is 19.3. The molecule has 110 valence electrons. The second-order valence-electron chi connectivity index (χ2n) is 6.53. The lowest BCUT2D eigenvalue weighted by molar-refractivity contribution is 0.0926. The van der Waals surface area contributed by atoms with Gasteiger partial charge < -0.3 is 10.2 Å². The summed E-state index contributed by atoms with van der Waals surface area (Å²) < 4.78 is 0. The third-order valence-electron chi connectivity index (χ3n) is 4.76. The second-order valence-corrected chi connectivity index (χ2v) is 6.53. The van der Waals surface area contributed by atoms with E-state index in [-0.39, 0.29) is 23.6 Å². The monoisotopic (exact) mass is 276 g/mol. The first-order valence-corrected chi connectivity index (χ1v) is 7.31. The van der Waals surface area contributed by atoms with E-state index in [2.05, 4.69) is 6.92 Å². The predicted molar refractivity (Wildman–Crippen MR) is 79.3 cm³/mol. The van der Waals surface area contributed by atoms with Gasteiger partial charge in [0, 0.05) is 12.2 Å². The van der Waals surface area contributed by atoms with Gasteiger partial charge in [0.2, 0.25) is 0 Å². The number of phenolic OH excluding ortho intramolecular Hbond substituents is 1. The van der Waals surface area contributed by atoms with E-state index in [9.17, 15) is 15.0 Å². The van der Waals surface area contributed by atoms with Gasteiger partial charge in [0.05, 0.1) is 0 Å². The molecule has 0 aliphatic heterocycles. The number of phenols is 1. The number of rotatable bonds is 3. The van der Waals surface area contributed by atoms with Crippen molar-refractivity contribution in [1.29, 1.82) is 0 Å². The highest BCUT2D eigenvalue weighted by atomic mass is 16.3. The number of aliphatic hydroxyl groups excluding tert-OH is 1. The van der Waals surface area contributed by atoms with Gasteiger partial charge in [-0.05, 0) is 68.1 Å². The van der Waals surface area contributed by atoms with Crippen LogP contribution in [-0.4, -0.2) is 22.6 Å². The molecule has 2 N–H and O–H groups in total. The highest BCUT2D eigenvalue weighted by Crippen LogP contribution is 2.44. The molecule has 0 unspecified atom stereocenters. The Kier molecular flexibility index (Phi) is 4.19. The van der Waals surface area contributed by atoms with Crippen LogP contribution in [0.3, 0.4) is 0 Å². The first-order chi connectivity index (χ1) is 9.36. The van der Waals surface area contributed by atoms with Gasteiger partial charge in [-0.3, -0.25) is 4.79 Å². The van der Waals surface area contributed by atoms with Crippen molar-refractivity contribution in [2.75, 3.05) is 6.61 Å². The molecule has 0 aromatic heterocycles. The molecule has 1 aliphatic rings. The molecule has 0 bridgehead atoms. The third-order valence-corrected chi connectivity index (χ3v) is 4.76. The maximum Gasteiger partial charge on any atom is 0.160 e. The van der Waals surface area contributed by atoms with Crippen molar-refractivity contribution in [2.24, 2.45) is 5.41 Å². The van der Waals surface area contributed by atoms with Crippen LogP contribution < -0.4 is 0 Å². The molecule has 2 rings (SSSR count).